The minimum absolute atomic E-state index is 0.0229. The van der Waals surface area contributed by atoms with Gasteiger partial charge in [0.15, 0.2) is 0 Å². The Balaban J connectivity index is 1.90. The maximum Gasteiger partial charge on any atom is 0.233 e. The Morgan fingerprint density at radius 2 is 2.33 bits per heavy atom. The van der Waals surface area contributed by atoms with Crippen molar-refractivity contribution in [3.63, 3.8) is 0 Å². The molecule has 0 aromatic carbocycles. The predicted molar refractivity (Wildman–Crippen MR) is 69.1 cm³/mol. The highest BCUT2D eigenvalue weighted by atomic mass is 16.5. The summed E-state index contributed by atoms with van der Waals surface area (Å²) in [5, 5.41) is 5.89. The highest BCUT2D eigenvalue weighted by Crippen LogP contribution is 2.01. The van der Waals surface area contributed by atoms with E-state index in [0.717, 1.165) is 12.2 Å². The van der Waals surface area contributed by atoms with E-state index in [9.17, 15) is 4.79 Å². The van der Waals surface area contributed by atoms with Crippen LogP contribution in [0.3, 0.4) is 0 Å². The van der Waals surface area contributed by atoms with Gasteiger partial charge in [0.25, 0.3) is 0 Å². The van der Waals surface area contributed by atoms with Crippen molar-refractivity contribution in [3.8, 4) is 0 Å². The molecule has 5 heteroatoms. The summed E-state index contributed by atoms with van der Waals surface area (Å²) in [6.07, 6.45) is 2.43. The first-order valence-corrected chi connectivity index (χ1v) is 6.28. The van der Waals surface area contributed by atoms with Gasteiger partial charge in [-0.05, 0) is 18.6 Å². The van der Waals surface area contributed by atoms with Crippen LogP contribution in [0.2, 0.25) is 0 Å². The number of rotatable bonds is 9. The van der Waals surface area contributed by atoms with Gasteiger partial charge in [-0.3, -0.25) is 4.79 Å². The Kier molecular flexibility index (Phi) is 7.13. The molecular weight excluding hydrogens is 232 g/mol. The summed E-state index contributed by atoms with van der Waals surface area (Å²) in [6.45, 7) is 6.11. The molecule has 1 amide bonds. The largest absolute Gasteiger partial charge is 0.467 e. The predicted octanol–water partition coefficient (Wildman–Crippen LogP) is 1.30. The first-order chi connectivity index (χ1) is 8.68. The molecule has 0 radical (unpaired) electrons. The van der Waals surface area contributed by atoms with Crippen molar-refractivity contribution in [2.45, 2.75) is 32.9 Å². The van der Waals surface area contributed by atoms with Gasteiger partial charge in [0.05, 0.1) is 12.8 Å². The Hall–Kier alpha value is -1.33. The van der Waals surface area contributed by atoms with Crippen LogP contribution in [0.4, 0.5) is 0 Å². The third kappa shape index (κ3) is 7.09. The van der Waals surface area contributed by atoms with Gasteiger partial charge in [-0.2, -0.15) is 0 Å². The molecular formula is C13H22N2O3. The van der Waals surface area contributed by atoms with Crippen molar-refractivity contribution in [2.75, 3.05) is 19.7 Å². The van der Waals surface area contributed by atoms with E-state index in [1.807, 2.05) is 26.0 Å². The van der Waals surface area contributed by atoms with Gasteiger partial charge in [-0.25, -0.2) is 0 Å². The lowest BCUT2D eigenvalue weighted by Gasteiger charge is -2.08. The van der Waals surface area contributed by atoms with Crippen molar-refractivity contribution >= 4 is 5.91 Å². The van der Waals surface area contributed by atoms with E-state index in [1.54, 1.807) is 6.26 Å². The molecule has 5 nitrogen and oxygen atoms in total. The lowest BCUT2D eigenvalue weighted by molar-refractivity contribution is -0.120. The van der Waals surface area contributed by atoms with Crippen LogP contribution >= 0.6 is 0 Å². The van der Waals surface area contributed by atoms with Crippen molar-refractivity contribution in [3.05, 3.63) is 24.2 Å². The zero-order valence-corrected chi connectivity index (χ0v) is 11.1. The molecule has 0 aliphatic heterocycles. The fourth-order valence-corrected chi connectivity index (χ4v) is 1.33. The van der Waals surface area contributed by atoms with Crippen LogP contribution in [0, 0.1) is 0 Å². The first kappa shape index (κ1) is 14.7. The normalized spacial score (nSPS) is 10.8. The van der Waals surface area contributed by atoms with Crippen LogP contribution in [-0.2, 0) is 16.1 Å². The lowest BCUT2D eigenvalue weighted by Crippen LogP contribution is -2.37. The van der Waals surface area contributed by atoms with Crippen molar-refractivity contribution in [1.29, 1.82) is 0 Å². The molecule has 0 atom stereocenters. The maximum absolute atomic E-state index is 11.3. The van der Waals surface area contributed by atoms with Crippen LogP contribution in [0.25, 0.3) is 0 Å². The molecule has 0 saturated heterocycles. The fraction of sp³-hybridized carbons (Fsp3) is 0.615. The van der Waals surface area contributed by atoms with Crippen LogP contribution in [0.5, 0.6) is 0 Å². The summed E-state index contributed by atoms with van der Waals surface area (Å²) >= 11 is 0. The van der Waals surface area contributed by atoms with Gasteiger partial charge in [-0.15, -0.1) is 0 Å². The van der Waals surface area contributed by atoms with Gasteiger partial charge < -0.3 is 19.8 Å². The highest BCUT2D eigenvalue weighted by Gasteiger charge is 2.01. The third-order valence-electron chi connectivity index (χ3n) is 2.28. The summed E-state index contributed by atoms with van der Waals surface area (Å²) in [7, 11) is 0. The van der Waals surface area contributed by atoms with E-state index in [2.05, 4.69) is 10.6 Å². The second-order valence-electron chi connectivity index (χ2n) is 4.37. The fourth-order valence-electron chi connectivity index (χ4n) is 1.33. The standard InChI is InChI=1S/C13H22N2O3/c1-11(2)15-9-13(16)14-6-4-7-17-10-12-5-3-8-18-12/h3,5,8,11,15H,4,6-7,9-10H2,1-2H3,(H,14,16). The van der Waals surface area contributed by atoms with Gasteiger partial charge >= 0.3 is 0 Å². The molecule has 0 spiro atoms. The molecule has 1 aromatic rings. The number of carbonyl (C=O) groups excluding carboxylic acids is 1. The maximum atomic E-state index is 11.3. The molecule has 1 rings (SSSR count). The number of carbonyl (C=O) groups is 1. The Morgan fingerprint density at radius 3 is 3.00 bits per heavy atom. The van der Waals surface area contributed by atoms with E-state index in [-0.39, 0.29) is 5.91 Å². The molecule has 1 aromatic heterocycles. The molecule has 18 heavy (non-hydrogen) atoms. The number of hydrogen-bond acceptors (Lipinski definition) is 4. The van der Waals surface area contributed by atoms with E-state index in [1.165, 1.54) is 0 Å². The quantitative estimate of drug-likeness (QED) is 0.652. The van der Waals surface area contributed by atoms with Crippen LogP contribution in [0.1, 0.15) is 26.0 Å². The summed E-state index contributed by atoms with van der Waals surface area (Å²) in [4.78, 5) is 11.3. The zero-order valence-electron chi connectivity index (χ0n) is 11.1. The van der Waals surface area contributed by atoms with Gasteiger partial charge in [0.1, 0.15) is 12.4 Å². The molecule has 0 fully saturated rings. The Labute approximate surface area is 108 Å². The average Bonchev–Trinajstić information content (AvgIpc) is 2.84. The summed E-state index contributed by atoms with van der Waals surface area (Å²) in [6, 6.07) is 4.03. The lowest BCUT2D eigenvalue weighted by atomic mass is 10.4. The van der Waals surface area contributed by atoms with Crippen LogP contribution in [-0.4, -0.2) is 31.6 Å². The van der Waals surface area contributed by atoms with E-state index >= 15 is 0 Å². The van der Waals surface area contributed by atoms with E-state index in [0.29, 0.717) is 32.3 Å². The number of furan rings is 1. The summed E-state index contributed by atoms with van der Waals surface area (Å²) in [5.74, 6) is 0.843. The van der Waals surface area contributed by atoms with Gasteiger partial charge in [0.2, 0.25) is 5.91 Å². The van der Waals surface area contributed by atoms with Crippen LogP contribution < -0.4 is 10.6 Å². The topological polar surface area (TPSA) is 63.5 Å². The van der Waals surface area contributed by atoms with Crippen molar-refractivity contribution < 1.29 is 13.9 Å². The second-order valence-corrected chi connectivity index (χ2v) is 4.37. The average molecular weight is 254 g/mol. The number of amides is 1. The smallest absolute Gasteiger partial charge is 0.233 e. The van der Waals surface area contributed by atoms with Gasteiger partial charge in [-0.1, -0.05) is 13.8 Å². The molecule has 0 saturated carbocycles. The SMILES string of the molecule is CC(C)NCC(=O)NCCCOCc1ccco1. The zero-order chi connectivity index (χ0) is 13.2. The summed E-state index contributed by atoms with van der Waals surface area (Å²) < 4.78 is 10.5. The molecule has 0 aliphatic carbocycles. The molecule has 1 heterocycles. The Morgan fingerprint density at radius 1 is 1.50 bits per heavy atom. The number of ether oxygens (including phenoxy) is 1. The van der Waals surface area contributed by atoms with E-state index < -0.39 is 0 Å². The molecule has 2 N–H and O–H groups in total. The molecule has 102 valence electrons. The number of hydrogen-bond donors (Lipinski definition) is 2. The van der Waals surface area contributed by atoms with Gasteiger partial charge in [0, 0.05) is 19.2 Å². The monoisotopic (exact) mass is 254 g/mol. The molecule has 0 aliphatic rings. The second kappa shape index (κ2) is 8.72. The molecule has 0 unspecified atom stereocenters. The van der Waals surface area contributed by atoms with Crippen molar-refractivity contribution in [2.24, 2.45) is 0 Å². The highest BCUT2D eigenvalue weighted by molar-refractivity contribution is 5.77. The number of nitrogens with one attached hydrogen (secondary N) is 2. The first-order valence-electron chi connectivity index (χ1n) is 6.28. The molecule has 0 bridgehead atoms. The third-order valence-corrected chi connectivity index (χ3v) is 2.28. The van der Waals surface area contributed by atoms with E-state index in [4.69, 9.17) is 9.15 Å². The summed E-state index contributed by atoms with van der Waals surface area (Å²) in [5.41, 5.74) is 0. The minimum atomic E-state index is 0.0229. The Bertz CT molecular complexity index is 323. The van der Waals surface area contributed by atoms with Crippen LogP contribution in [0.15, 0.2) is 22.8 Å². The van der Waals surface area contributed by atoms with Crippen molar-refractivity contribution in [1.82, 2.24) is 10.6 Å². The minimum Gasteiger partial charge on any atom is -0.467 e.